The maximum Gasteiger partial charge on any atom is 0.0384 e. The number of nitrogens with zero attached hydrogens (tertiary/aromatic N) is 1. The standard InChI is InChI=1S/C11H21N/c1-9(2)12(7)8-10(3)11(4,5)6/h1,3,8H2,2,4-7H3. The molecule has 0 aliphatic rings. The molecule has 0 saturated carbocycles. The molecule has 12 heavy (non-hydrogen) atoms. The Balaban J connectivity index is 4.11. The third kappa shape index (κ3) is 3.61. The lowest BCUT2D eigenvalue weighted by Crippen LogP contribution is -2.23. The van der Waals surface area contributed by atoms with E-state index in [0.717, 1.165) is 12.2 Å². The topological polar surface area (TPSA) is 3.24 Å². The van der Waals surface area contributed by atoms with Crippen molar-refractivity contribution in [3.63, 3.8) is 0 Å². The lowest BCUT2D eigenvalue weighted by atomic mass is 9.87. The van der Waals surface area contributed by atoms with E-state index in [1.54, 1.807) is 0 Å². The minimum Gasteiger partial charge on any atom is -0.375 e. The van der Waals surface area contributed by atoms with Gasteiger partial charge in [-0.1, -0.05) is 39.5 Å². The molecule has 70 valence electrons. The second-order valence-corrected chi connectivity index (χ2v) is 4.44. The summed E-state index contributed by atoms with van der Waals surface area (Å²) >= 11 is 0. The molecule has 0 aromatic heterocycles. The molecule has 0 heterocycles. The fourth-order valence-corrected chi connectivity index (χ4v) is 0.658. The third-order valence-electron chi connectivity index (χ3n) is 2.14. The Morgan fingerprint density at radius 1 is 1.25 bits per heavy atom. The van der Waals surface area contributed by atoms with Crippen LogP contribution >= 0.6 is 0 Å². The first-order valence-electron chi connectivity index (χ1n) is 4.30. The van der Waals surface area contributed by atoms with Crippen LogP contribution in [-0.2, 0) is 0 Å². The van der Waals surface area contributed by atoms with Gasteiger partial charge in [0.05, 0.1) is 0 Å². The monoisotopic (exact) mass is 167 g/mol. The average molecular weight is 167 g/mol. The van der Waals surface area contributed by atoms with Gasteiger partial charge in [-0.3, -0.25) is 0 Å². The highest BCUT2D eigenvalue weighted by atomic mass is 15.1. The summed E-state index contributed by atoms with van der Waals surface area (Å²) in [5.74, 6) is 0. The molecule has 0 radical (unpaired) electrons. The van der Waals surface area contributed by atoms with E-state index in [2.05, 4.69) is 38.8 Å². The van der Waals surface area contributed by atoms with Gasteiger partial charge >= 0.3 is 0 Å². The number of likely N-dealkylation sites (N-methyl/N-ethyl adjacent to an activating group) is 1. The van der Waals surface area contributed by atoms with Crippen LogP contribution in [0.25, 0.3) is 0 Å². The fraction of sp³-hybridized carbons (Fsp3) is 0.636. The molecule has 0 fully saturated rings. The van der Waals surface area contributed by atoms with E-state index in [1.165, 1.54) is 5.57 Å². The predicted molar refractivity (Wildman–Crippen MR) is 56.0 cm³/mol. The number of hydrogen-bond acceptors (Lipinski definition) is 1. The van der Waals surface area contributed by atoms with E-state index in [0.29, 0.717) is 0 Å². The minimum absolute atomic E-state index is 0.198. The van der Waals surface area contributed by atoms with Crippen molar-refractivity contribution in [1.29, 1.82) is 0 Å². The summed E-state index contributed by atoms with van der Waals surface area (Å²) in [4.78, 5) is 2.12. The average Bonchev–Trinajstić information content (AvgIpc) is 1.85. The number of allylic oxidation sites excluding steroid dienone is 1. The highest BCUT2D eigenvalue weighted by molar-refractivity contribution is 5.09. The first-order chi connectivity index (χ1) is 5.25. The Bertz CT molecular complexity index is 184. The van der Waals surface area contributed by atoms with Crippen molar-refractivity contribution in [3.05, 3.63) is 24.4 Å². The van der Waals surface area contributed by atoms with E-state index in [-0.39, 0.29) is 5.41 Å². The molecule has 0 unspecified atom stereocenters. The lowest BCUT2D eigenvalue weighted by Gasteiger charge is -2.27. The van der Waals surface area contributed by atoms with Crippen LogP contribution in [0.1, 0.15) is 27.7 Å². The molecule has 0 amide bonds. The molecule has 1 heteroatoms. The van der Waals surface area contributed by atoms with Crippen LogP contribution in [0.5, 0.6) is 0 Å². The molecule has 0 atom stereocenters. The van der Waals surface area contributed by atoms with Gasteiger partial charge < -0.3 is 4.90 Å². The van der Waals surface area contributed by atoms with Crippen molar-refractivity contribution < 1.29 is 0 Å². The Labute approximate surface area is 76.8 Å². The van der Waals surface area contributed by atoms with Crippen molar-refractivity contribution in [3.8, 4) is 0 Å². The van der Waals surface area contributed by atoms with Gasteiger partial charge in [0, 0.05) is 19.3 Å². The van der Waals surface area contributed by atoms with Crippen molar-refractivity contribution >= 4 is 0 Å². The quantitative estimate of drug-likeness (QED) is 0.584. The molecule has 0 rings (SSSR count). The van der Waals surface area contributed by atoms with Crippen LogP contribution < -0.4 is 0 Å². The van der Waals surface area contributed by atoms with Crippen molar-refractivity contribution in [2.45, 2.75) is 27.7 Å². The van der Waals surface area contributed by atoms with Crippen LogP contribution in [-0.4, -0.2) is 18.5 Å². The van der Waals surface area contributed by atoms with Crippen LogP contribution in [0, 0.1) is 5.41 Å². The Morgan fingerprint density at radius 2 is 1.67 bits per heavy atom. The molecule has 0 N–H and O–H groups in total. The zero-order valence-electron chi connectivity index (χ0n) is 9.07. The fourth-order valence-electron chi connectivity index (χ4n) is 0.658. The molecular weight excluding hydrogens is 146 g/mol. The largest absolute Gasteiger partial charge is 0.375 e. The second-order valence-electron chi connectivity index (χ2n) is 4.44. The summed E-state index contributed by atoms with van der Waals surface area (Å²) in [6.45, 7) is 17.4. The molecular formula is C11H21N. The second kappa shape index (κ2) is 3.79. The molecule has 0 spiro atoms. The smallest absolute Gasteiger partial charge is 0.0384 e. The highest BCUT2D eigenvalue weighted by Crippen LogP contribution is 2.24. The van der Waals surface area contributed by atoms with E-state index in [4.69, 9.17) is 0 Å². The van der Waals surface area contributed by atoms with Gasteiger partial charge in [0.1, 0.15) is 0 Å². The maximum absolute atomic E-state index is 4.07. The van der Waals surface area contributed by atoms with Crippen LogP contribution in [0.2, 0.25) is 0 Å². The normalized spacial score (nSPS) is 11.1. The molecule has 0 aliphatic carbocycles. The highest BCUT2D eigenvalue weighted by Gasteiger charge is 2.15. The summed E-state index contributed by atoms with van der Waals surface area (Å²) < 4.78 is 0. The summed E-state index contributed by atoms with van der Waals surface area (Å²) in [5, 5.41) is 0. The molecule has 0 aromatic rings. The van der Waals surface area contributed by atoms with Gasteiger partial charge in [0.25, 0.3) is 0 Å². The molecule has 0 bridgehead atoms. The van der Waals surface area contributed by atoms with Gasteiger partial charge in [0.2, 0.25) is 0 Å². The van der Waals surface area contributed by atoms with E-state index in [1.807, 2.05) is 14.0 Å². The van der Waals surface area contributed by atoms with Crippen molar-refractivity contribution in [2.75, 3.05) is 13.6 Å². The Morgan fingerprint density at radius 3 is 1.92 bits per heavy atom. The SMILES string of the molecule is C=C(C)N(C)CC(=C)C(C)(C)C. The molecule has 0 aromatic carbocycles. The summed E-state index contributed by atoms with van der Waals surface area (Å²) in [6, 6.07) is 0. The van der Waals surface area contributed by atoms with Crippen LogP contribution in [0.3, 0.4) is 0 Å². The van der Waals surface area contributed by atoms with Gasteiger partial charge in [-0.15, -0.1) is 0 Å². The van der Waals surface area contributed by atoms with E-state index in [9.17, 15) is 0 Å². The Hall–Kier alpha value is -0.720. The van der Waals surface area contributed by atoms with Crippen molar-refractivity contribution in [2.24, 2.45) is 5.41 Å². The van der Waals surface area contributed by atoms with E-state index < -0.39 is 0 Å². The van der Waals surface area contributed by atoms with Gasteiger partial charge in [-0.2, -0.15) is 0 Å². The zero-order chi connectivity index (χ0) is 9.94. The zero-order valence-corrected chi connectivity index (χ0v) is 9.07. The summed E-state index contributed by atoms with van der Waals surface area (Å²) in [7, 11) is 2.04. The lowest BCUT2D eigenvalue weighted by molar-refractivity contribution is 0.394. The van der Waals surface area contributed by atoms with Gasteiger partial charge in [-0.05, 0) is 12.3 Å². The van der Waals surface area contributed by atoms with Gasteiger partial charge in [-0.25, -0.2) is 0 Å². The Kier molecular flexibility index (Phi) is 3.56. The summed E-state index contributed by atoms with van der Waals surface area (Å²) in [6.07, 6.45) is 0. The van der Waals surface area contributed by atoms with E-state index >= 15 is 0 Å². The summed E-state index contributed by atoms with van der Waals surface area (Å²) in [5.41, 5.74) is 2.53. The molecule has 1 nitrogen and oxygen atoms in total. The molecule has 0 aliphatic heterocycles. The first-order valence-corrected chi connectivity index (χ1v) is 4.30. The van der Waals surface area contributed by atoms with Crippen LogP contribution in [0.4, 0.5) is 0 Å². The van der Waals surface area contributed by atoms with Crippen molar-refractivity contribution in [1.82, 2.24) is 4.90 Å². The maximum atomic E-state index is 4.07. The van der Waals surface area contributed by atoms with Crippen LogP contribution in [0.15, 0.2) is 24.4 Å². The predicted octanol–water partition coefficient (Wildman–Crippen LogP) is 3.05. The number of rotatable bonds is 3. The molecule has 0 saturated heterocycles. The van der Waals surface area contributed by atoms with Gasteiger partial charge in [0.15, 0.2) is 0 Å². The number of hydrogen-bond donors (Lipinski definition) is 0. The third-order valence-corrected chi connectivity index (χ3v) is 2.14. The minimum atomic E-state index is 0.198. The first kappa shape index (κ1) is 11.3.